The molecule has 0 unspecified atom stereocenters. The summed E-state index contributed by atoms with van der Waals surface area (Å²) in [6.07, 6.45) is 0. The molecule has 0 aromatic rings. The topological polar surface area (TPSA) is 52.6 Å². The van der Waals surface area contributed by atoms with E-state index < -0.39 is 0 Å². The number of aliphatic hydroxyl groups excluding tert-OH is 1. The number of carbonyl (C=O) groups is 1. The van der Waals surface area contributed by atoms with Crippen LogP contribution in [0.2, 0.25) is 0 Å². The summed E-state index contributed by atoms with van der Waals surface area (Å²) < 4.78 is 0. The van der Waals surface area contributed by atoms with Crippen LogP contribution in [0.4, 0.5) is 0 Å². The van der Waals surface area contributed by atoms with Crippen molar-refractivity contribution in [1.29, 1.82) is 0 Å². The second kappa shape index (κ2) is 4.42. The zero-order valence-corrected chi connectivity index (χ0v) is 7.42. The van der Waals surface area contributed by atoms with E-state index >= 15 is 0 Å². The highest BCUT2D eigenvalue weighted by Gasteiger charge is 2.18. The van der Waals surface area contributed by atoms with Crippen molar-refractivity contribution in [3.8, 4) is 0 Å². The van der Waals surface area contributed by atoms with E-state index in [9.17, 15) is 4.79 Å². The predicted molar refractivity (Wildman–Crippen MR) is 45.7 cm³/mol. The number of aliphatic hydroxyl groups is 1. The third-order valence-corrected chi connectivity index (χ3v) is 2.17. The van der Waals surface area contributed by atoms with Gasteiger partial charge in [0.25, 0.3) is 0 Å². The van der Waals surface area contributed by atoms with E-state index in [2.05, 4.69) is 5.32 Å². The van der Waals surface area contributed by atoms with Crippen LogP contribution in [0.15, 0.2) is 0 Å². The van der Waals surface area contributed by atoms with E-state index in [1.807, 2.05) is 0 Å². The fourth-order valence-corrected chi connectivity index (χ4v) is 1.40. The maximum absolute atomic E-state index is 11.0. The summed E-state index contributed by atoms with van der Waals surface area (Å²) in [4.78, 5) is 12.8. The molecule has 70 valence electrons. The Morgan fingerprint density at radius 1 is 1.75 bits per heavy atom. The number of nitrogens with zero attached hydrogens (tertiary/aromatic N) is 1. The van der Waals surface area contributed by atoms with Crippen molar-refractivity contribution < 1.29 is 9.90 Å². The molecule has 1 rings (SSSR count). The van der Waals surface area contributed by atoms with Gasteiger partial charge in [-0.25, -0.2) is 0 Å². The summed E-state index contributed by atoms with van der Waals surface area (Å²) in [7, 11) is 0. The molecule has 1 atom stereocenters. The predicted octanol–water partition coefficient (Wildman–Crippen LogP) is -0.953. The number of nitrogens with one attached hydrogen (secondary N) is 1. The molecule has 0 bridgehead atoms. The molecule has 0 aliphatic carbocycles. The Kier molecular flexibility index (Phi) is 3.49. The summed E-state index contributed by atoms with van der Waals surface area (Å²) in [5.74, 6) is 0.286. The second-order valence-corrected chi connectivity index (χ2v) is 3.22. The van der Waals surface area contributed by atoms with Crippen LogP contribution in [0.3, 0.4) is 0 Å². The summed E-state index contributed by atoms with van der Waals surface area (Å²) in [6, 6.07) is 0. The molecule has 1 amide bonds. The van der Waals surface area contributed by atoms with E-state index in [1.54, 1.807) is 11.8 Å². The first-order valence-corrected chi connectivity index (χ1v) is 4.31. The smallest absolute Gasteiger partial charge is 0.219 e. The average Bonchev–Trinajstić information content (AvgIpc) is 2.28. The molecule has 4 heteroatoms. The lowest BCUT2D eigenvalue weighted by Crippen LogP contribution is -2.35. The Bertz CT molecular complexity index is 161. The minimum Gasteiger partial charge on any atom is -0.396 e. The van der Waals surface area contributed by atoms with Crippen molar-refractivity contribution in [2.45, 2.75) is 6.92 Å². The first kappa shape index (κ1) is 9.48. The van der Waals surface area contributed by atoms with Crippen molar-refractivity contribution in [1.82, 2.24) is 10.2 Å². The van der Waals surface area contributed by atoms with Crippen LogP contribution < -0.4 is 5.32 Å². The van der Waals surface area contributed by atoms with Crippen molar-refractivity contribution in [2.24, 2.45) is 5.92 Å². The molecule has 12 heavy (non-hydrogen) atoms. The molecule has 0 saturated carbocycles. The Morgan fingerprint density at radius 2 is 2.50 bits per heavy atom. The summed E-state index contributed by atoms with van der Waals surface area (Å²) >= 11 is 0. The first-order chi connectivity index (χ1) is 5.74. The van der Waals surface area contributed by atoms with Crippen molar-refractivity contribution in [3.63, 3.8) is 0 Å². The lowest BCUT2D eigenvalue weighted by Gasteiger charge is -2.21. The zero-order chi connectivity index (χ0) is 8.97. The van der Waals surface area contributed by atoms with E-state index in [0.29, 0.717) is 6.54 Å². The van der Waals surface area contributed by atoms with Crippen LogP contribution in [-0.4, -0.2) is 48.7 Å². The normalized spacial score (nSPS) is 25.2. The highest BCUT2D eigenvalue weighted by Crippen LogP contribution is 2.02. The summed E-state index contributed by atoms with van der Waals surface area (Å²) in [6.45, 7) is 4.79. The second-order valence-electron chi connectivity index (χ2n) is 3.22. The van der Waals surface area contributed by atoms with Crippen LogP contribution >= 0.6 is 0 Å². The molecule has 1 aliphatic heterocycles. The van der Waals surface area contributed by atoms with Gasteiger partial charge in [-0.2, -0.15) is 0 Å². The lowest BCUT2D eigenvalue weighted by atomic mass is 10.1. The van der Waals surface area contributed by atoms with Crippen LogP contribution in [0.5, 0.6) is 0 Å². The molecule has 1 aliphatic rings. The summed E-state index contributed by atoms with van der Waals surface area (Å²) in [5.41, 5.74) is 0. The lowest BCUT2D eigenvalue weighted by molar-refractivity contribution is -0.129. The Balaban J connectivity index is 2.47. The Labute approximate surface area is 72.6 Å². The van der Waals surface area contributed by atoms with Gasteiger partial charge in [-0.05, 0) is 0 Å². The van der Waals surface area contributed by atoms with Crippen molar-refractivity contribution in [3.05, 3.63) is 0 Å². The van der Waals surface area contributed by atoms with Gasteiger partial charge in [-0.1, -0.05) is 0 Å². The van der Waals surface area contributed by atoms with E-state index in [1.165, 1.54) is 0 Å². The van der Waals surface area contributed by atoms with Gasteiger partial charge in [-0.15, -0.1) is 0 Å². The quantitative estimate of drug-likeness (QED) is 0.536. The highest BCUT2D eigenvalue weighted by atomic mass is 16.3. The number of hydrogen-bond donors (Lipinski definition) is 2. The standard InChI is InChI=1S/C8H16N2O2/c1-7(12)10-3-2-9-4-8(5-10)6-11/h8-9,11H,2-6H2,1H3/t8-/m0/s1. The van der Waals surface area contributed by atoms with Gasteiger partial charge in [0.2, 0.25) is 5.91 Å². The third-order valence-electron chi connectivity index (χ3n) is 2.17. The van der Waals surface area contributed by atoms with Gasteiger partial charge in [0.15, 0.2) is 0 Å². The van der Waals surface area contributed by atoms with Gasteiger partial charge in [0, 0.05) is 45.6 Å². The van der Waals surface area contributed by atoms with E-state index in [-0.39, 0.29) is 18.4 Å². The first-order valence-electron chi connectivity index (χ1n) is 4.31. The third kappa shape index (κ3) is 2.46. The largest absolute Gasteiger partial charge is 0.396 e. The molecule has 1 heterocycles. The minimum atomic E-state index is 0.0946. The monoisotopic (exact) mass is 172 g/mol. The molecule has 1 fully saturated rings. The van der Waals surface area contributed by atoms with Gasteiger partial charge in [0.05, 0.1) is 0 Å². The van der Waals surface area contributed by atoms with Crippen molar-refractivity contribution in [2.75, 3.05) is 32.8 Å². The number of amides is 1. The number of hydrogen-bond acceptors (Lipinski definition) is 3. The number of carbonyl (C=O) groups excluding carboxylic acids is 1. The van der Waals surface area contributed by atoms with Crippen LogP contribution in [-0.2, 0) is 4.79 Å². The molecule has 1 saturated heterocycles. The van der Waals surface area contributed by atoms with Crippen LogP contribution in [0.1, 0.15) is 6.92 Å². The summed E-state index contributed by atoms with van der Waals surface area (Å²) in [5, 5.41) is 12.1. The molecular weight excluding hydrogens is 156 g/mol. The Hall–Kier alpha value is -0.610. The molecule has 0 radical (unpaired) electrons. The molecule has 4 nitrogen and oxygen atoms in total. The molecule has 0 aromatic carbocycles. The van der Waals surface area contributed by atoms with Gasteiger partial charge in [0.1, 0.15) is 0 Å². The minimum absolute atomic E-state index is 0.0946. The fraction of sp³-hybridized carbons (Fsp3) is 0.875. The van der Waals surface area contributed by atoms with Gasteiger partial charge < -0.3 is 15.3 Å². The zero-order valence-electron chi connectivity index (χ0n) is 7.42. The van der Waals surface area contributed by atoms with Crippen molar-refractivity contribution >= 4 is 5.91 Å². The van der Waals surface area contributed by atoms with Crippen LogP contribution in [0.25, 0.3) is 0 Å². The van der Waals surface area contributed by atoms with E-state index in [0.717, 1.165) is 19.6 Å². The highest BCUT2D eigenvalue weighted by molar-refractivity contribution is 5.73. The maximum Gasteiger partial charge on any atom is 0.219 e. The van der Waals surface area contributed by atoms with E-state index in [4.69, 9.17) is 5.11 Å². The maximum atomic E-state index is 11.0. The molecule has 0 aromatic heterocycles. The fourth-order valence-electron chi connectivity index (χ4n) is 1.40. The van der Waals surface area contributed by atoms with Crippen LogP contribution in [0, 0.1) is 5.92 Å². The molecule has 0 spiro atoms. The number of rotatable bonds is 1. The SMILES string of the molecule is CC(=O)N1CCNC[C@H](CO)C1. The molecule has 2 N–H and O–H groups in total. The van der Waals surface area contributed by atoms with Gasteiger partial charge >= 0.3 is 0 Å². The van der Waals surface area contributed by atoms with Gasteiger partial charge in [-0.3, -0.25) is 4.79 Å². The molecular formula is C8H16N2O2. The Morgan fingerprint density at radius 3 is 3.08 bits per heavy atom. The average molecular weight is 172 g/mol.